The first-order valence-electron chi connectivity index (χ1n) is 6.40. The van der Waals surface area contributed by atoms with Gasteiger partial charge in [0.05, 0.1) is 12.5 Å². The van der Waals surface area contributed by atoms with E-state index in [0.29, 0.717) is 0 Å². The molecule has 0 spiro atoms. The lowest BCUT2D eigenvalue weighted by Crippen LogP contribution is -2.37. The monoisotopic (exact) mass is 280 g/mol. The van der Waals surface area contributed by atoms with Crippen LogP contribution in [0.3, 0.4) is 0 Å². The molecule has 1 aromatic carbocycles. The minimum atomic E-state index is -1.03. The molecule has 0 fully saturated rings. The zero-order valence-corrected chi connectivity index (χ0v) is 11.4. The number of aliphatic carboxylic acids is 1. The van der Waals surface area contributed by atoms with Gasteiger partial charge in [-0.3, -0.25) is 4.79 Å². The Bertz CT molecular complexity index is 436. The van der Waals surface area contributed by atoms with E-state index < -0.39 is 5.97 Å². The molecule has 0 radical (unpaired) electrons. The zero-order valence-electron chi connectivity index (χ0n) is 11.4. The number of benzene rings is 1. The molecular formula is C14H20N2O4. The van der Waals surface area contributed by atoms with Gasteiger partial charge in [-0.15, -0.1) is 0 Å². The molecule has 0 aliphatic carbocycles. The van der Waals surface area contributed by atoms with Gasteiger partial charge in [0.2, 0.25) is 5.91 Å². The van der Waals surface area contributed by atoms with Crippen LogP contribution >= 0.6 is 0 Å². The minimum Gasteiger partial charge on any atom is -0.480 e. The molecule has 20 heavy (non-hydrogen) atoms. The third-order valence-corrected chi connectivity index (χ3v) is 2.91. The van der Waals surface area contributed by atoms with Crippen molar-refractivity contribution in [1.29, 1.82) is 0 Å². The third-order valence-electron chi connectivity index (χ3n) is 2.91. The third kappa shape index (κ3) is 5.38. The maximum Gasteiger partial charge on any atom is 0.329 e. The number of carbonyl (C=O) groups excluding carboxylic acids is 1. The second kappa shape index (κ2) is 8.29. The van der Waals surface area contributed by atoms with E-state index in [9.17, 15) is 9.59 Å². The van der Waals surface area contributed by atoms with Crippen LogP contribution in [0.25, 0.3) is 0 Å². The number of amides is 1. The van der Waals surface area contributed by atoms with Crippen LogP contribution in [0, 0.1) is 5.92 Å². The molecule has 4 N–H and O–H groups in total. The van der Waals surface area contributed by atoms with Crippen molar-refractivity contribution in [2.24, 2.45) is 11.7 Å². The number of carboxylic acid groups (broad SMARTS) is 1. The van der Waals surface area contributed by atoms with Gasteiger partial charge in [0, 0.05) is 12.6 Å². The molecule has 2 atom stereocenters. The summed E-state index contributed by atoms with van der Waals surface area (Å²) in [5, 5.41) is 11.1. The Hall–Kier alpha value is -1.92. The molecule has 0 aromatic heterocycles. The van der Waals surface area contributed by atoms with Crippen molar-refractivity contribution >= 4 is 11.9 Å². The van der Waals surface area contributed by atoms with E-state index in [-0.39, 0.29) is 37.6 Å². The van der Waals surface area contributed by atoms with Crippen LogP contribution in [0.15, 0.2) is 30.3 Å². The maximum atomic E-state index is 11.9. The molecule has 0 saturated heterocycles. The normalized spacial score (nSPS) is 13.5. The Labute approximate surface area is 117 Å². The summed E-state index contributed by atoms with van der Waals surface area (Å²) in [6.07, 6.45) is 0. The van der Waals surface area contributed by atoms with Crippen LogP contribution in [0.1, 0.15) is 18.5 Å². The van der Waals surface area contributed by atoms with Gasteiger partial charge < -0.3 is 20.9 Å². The van der Waals surface area contributed by atoms with Crippen molar-refractivity contribution in [3.05, 3.63) is 35.9 Å². The number of rotatable bonds is 8. The van der Waals surface area contributed by atoms with E-state index in [4.69, 9.17) is 15.6 Å². The Kier molecular flexibility index (Phi) is 6.69. The largest absolute Gasteiger partial charge is 0.480 e. The zero-order chi connectivity index (χ0) is 15.0. The Balaban J connectivity index is 2.34. The van der Waals surface area contributed by atoms with Crippen molar-refractivity contribution in [3.63, 3.8) is 0 Å². The lowest BCUT2D eigenvalue weighted by Gasteiger charge is -2.19. The molecule has 1 aromatic rings. The number of carboxylic acids is 1. The molecule has 110 valence electrons. The molecular weight excluding hydrogens is 260 g/mol. The van der Waals surface area contributed by atoms with Crippen molar-refractivity contribution in [2.45, 2.75) is 13.0 Å². The molecule has 0 heterocycles. The molecule has 0 saturated carbocycles. The SMILES string of the molecule is CC(C(=O)NCCOCC(=O)O)C(N)c1ccccc1. The second-order valence-electron chi connectivity index (χ2n) is 4.46. The van der Waals surface area contributed by atoms with E-state index >= 15 is 0 Å². The van der Waals surface area contributed by atoms with Gasteiger partial charge in [0.1, 0.15) is 6.61 Å². The summed E-state index contributed by atoms with van der Waals surface area (Å²) in [5.74, 6) is -1.59. The fourth-order valence-electron chi connectivity index (χ4n) is 1.69. The highest BCUT2D eigenvalue weighted by molar-refractivity contribution is 5.79. The van der Waals surface area contributed by atoms with E-state index in [1.807, 2.05) is 30.3 Å². The average molecular weight is 280 g/mol. The van der Waals surface area contributed by atoms with Crippen molar-refractivity contribution in [3.8, 4) is 0 Å². The number of ether oxygens (including phenoxy) is 1. The summed E-state index contributed by atoms with van der Waals surface area (Å²) in [6, 6.07) is 9.02. The fourth-order valence-corrected chi connectivity index (χ4v) is 1.69. The molecule has 1 amide bonds. The van der Waals surface area contributed by atoms with Gasteiger partial charge in [-0.2, -0.15) is 0 Å². The van der Waals surface area contributed by atoms with Crippen molar-refractivity contribution in [1.82, 2.24) is 5.32 Å². The van der Waals surface area contributed by atoms with E-state index in [2.05, 4.69) is 5.32 Å². The highest BCUT2D eigenvalue weighted by Crippen LogP contribution is 2.18. The number of nitrogens with one attached hydrogen (secondary N) is 1. The highest BCUT2D eigenvalue weighted by atomic mass is 16.5. The van der Waals surface area contributed by atoms with Gasteiger partial charge >= 0.3 is 5.97 Å². The number of hydrogen-bond acceptors (Lipinski definition) is 4. The number of nitrogens with two attached hydrogens (primary N) is 1. The van der Waals surface area contributed by atoms with Gasteiger partial charge in [-0.25, -0.2) is 4.79 Å². The number of carbonyl (C=O) groups is 2. The standard InChI is InChI=1S/C14H20N2O4/c1-10(13(15)11-5-3-2-4-6-11)14(19)16-7-8-20-9-12(17)18/h2-6,10,13H,7-9,15H2,1H3,(H,16,19)(H,17,18). The molecule has 0 aliphatic rings. The average Bonchev–Trinajstić information content (AvgIpc) is 2.45. The Morgan fingerprint density at radius 2 is 2.00 bits per heavy atom. The molecule has 2 unspecified atom stereocenters. The predicted octanol–water partition coefficient (Wildman–Crippen LogP) is 0.540. The first kappa shape index (κ1) is 16.1. The highest BCUT2D eigenvalue weighted by Gasteiger charge is 2.21. The molecule has 0 aliphatic heterocycles. The summed E-state index contributed by atoms with van der Waals surface area (Å²) in [7, 11) is 0. The number of hydrogen-bond donors (Lipinski definition) is 3. The summed E-state index contributed by atoms with van der Waals surface area (Å²) in [6.45, 7) is 1.81. The molecule has 0 bridgehead atoms. The topological polar surface area (TPSA) is 102 Å². The molecule has 6 nitrogen and oxygen atoms in total. The van der Waals surface area contributed by atoms with Crippen LogP contribution in [-0.2, 0) is 14.3 Å². The van der Waals surface area contributed by atoms with Crippen LogP contribution in [0.4, 0.5) is 0 Å². The van der Waals surface area contributed by atoms with Gasteiger partial charge in [-0.1, -0.05) is 37.3 Å². The summed E-state index contributed by atoms with van der Waals surface area (Å²) < 4.78 is 4.82. The Morgan fingerprint density at radius 1 is 1.35 bits per heavy atom. The smallest absolute Gasteiger partial charge is 0.329 e. The van der Waals surface area contributed by atoms with Crippen LogP contribution in [0.5, 0.6) is 0 Å². The van der Waals surface area contributed by atoms with E-state index in [0.717, 1.165) is 5.56 Å². The lowest BCUT2D eigenvalue weighted by atomic mass is 9.95. The van der Waals surface area contributed by atoms with Crippen LogP contribution in [0.2, 0.25) is 0 Å². The second-order valence-corrected chi connectivity index (χ2v) is 4.46. The van der Waals surface area contributed by atoms with Crippen molar-refractivity contribution < 1.29 is 19.4 Å². The summed E-state index contributed by atoms with van der Waals surface area (Å²) in [5.41, 5.74) is 6.94. The minimum absolute atomic E-state index is 0.158. The molecule has 1 rings (SSSR count). The van der Waals surface area contributed by atoms with Gasteiger partial charge in [0.25, 0.3) is 0 Å². The lowest BCUT2D eigenvalue weighted by molar-refractivity contribution is -0.142. The molecule has 6 heteroatoms. The van der Waals surface area contributed by atoms with E-state index in [1.165, 1.54) is 0 Å². The quantitative estimate of drug-likeness (QED) is 0.603. The fraction of sp³-hybridized carbons (Fsp3) is 0.429. The first-order valence-corrected chi connectivity index (χ1v) is 6.40. The van der Waals surface area contributed by atoms with Gasteiger partial charge in [0.15, 0.2) is 0 Å². The first-order chi connectivity index (χ1) is 9.52. The Morgan fingerprint density at radius 3 is 2.60 bits per heavy atom. The van der Waals surface area contributed by atoms with E-state index in [1.54, 1.807) is 6.92 Å². The predicted molar refractivity (Wildman–Crippen MR) is 74.0 cm³/mol. The van der Waals surface area contributed by atoms with Crippen molar-refractivity contribution in [2.75, 3.05) is 19.8 Å². The van der Waals surface area contributed by atoms with Crippen LogP contribution < -0.4 is 11.1 Å². The maximum absolute atomic E-state index is 11.9. The summed E-state index contributed by atoms with van der Waals surface area (Å²) in [4.78, 5) is 22.1. The summed E-state index contributed by atoms with van der Waals surface area (Å²) >= 11 is 0. The van der Waals surface area contributed by atoms with Crippen LogP contribution in [-0.4, -0.2) is 36.7 Å². The van der Waals surface area contributed by atoms with Gasteiger partial charge in [-0.05, 0) is 5.56 Å².